The average Bonchev–Trinajstić information content (AvgIpc) is 1.91. The molecule has 40 valence electrons. The number of hydrazine groups is 1. The zero-order valence-corrected chi connectivity index (χ0v) is 4.81. The van der Waals surface area contributed by atoms with Crippen molar-refractivity contribution in [3.63, 3.8) is 0 Å². The Morgan fingerprint density at radius 2 is 1.57 bits per heavy atom. The fourth-order valence-electron chi connectivity index (χ4n) is 0.615. The van der Waals surface area contributed by atoms with Gasteiger partial charge in [-0.25, -0.2) is 10.0 Å². The van der Waals surface area contributed by atoms with Gasteiger partial charge < -0.3 is 0 Å². The molecule has 0 N–H and O–H groups in total. The summed E-state index contributed by atoms with van der Waals surface area (Å²) < 4.78 is 0. The highest BCUT2D eigenvalue weighted by Gasteiger charge is 2.11. The molecule has 2 nitrogen and oxygen atoms in total. The fraction of sp³-hybridized carbons (Fsp3) is 0.800. The van der Waals surface area contributed by atoms with E-state index in [1.54, 1.807) is 0 Å². The van der Waals surface area contributed by atoms with E-state index in [4.69, 9.17) is 0 Å². The van der Waals surface area contributed by atoms with Gasteiger partial charge in [-0.3, -0.25) is 0 Å². The monoisotopic (exact) mass is 98.1 g/mol. The van der Waals surface area contributed by atoms with Gasteiger partial charge in [-0.05, 0) is 0 Å². The summed E-state index contributed by atoms with van der Waals surface area (Å²) in [5, 5.41) is 4.25. The standard InChI is InChI=1S/C5H10N2/c1-6-4-3-5-7(6)2/h4-5H2,1-2H3. The van der Waals surface area contributed by atoms with Crippen molar-refractivity contribution in [2.75, 3.05) is 27.2 Å². The normalized spacial score (nSPS) is 26.6. The Labute approximate surface area is 44.7 Å². The van der Waals surface area contributed by atoms with Crippen molar-refractivity contribution in [2.24, 2.45) is 0 Å². The first kappa shape index (κ1) is 5.06. The summed E-state index contributed by atoms with van der Waals surface area (Å²) in [7, 11) is 4.11. The fourth-order valence-corrected chi connectivity index (χ4v) is 0.615. The van der Waals surface area contributed by atoms with Crippen LogP contribution in [-0.2, 0) is 0 Å². The second kappa shape index (κ2) is 1.80. The molecule has 0 atom stereocenters. The third-order valence-electron chi connectivity index (χ3n) is 1.26. The van der Waals surface area contributed by atoms with Crippen LogP contribution in [0.1, 0.15) is 0 Å². The number of nitrogens with zero attached hydrogens (tertiary/aromatic N) is 2. The minimum atomic E-state index is 0.983. The maximum atomic E-state index is 3.17. The van der Waals surface area contributed by atoms with E-state index in [-0.39, 0.29) is 0 Å². The van der Waals surface area contributed by atoms with Crippen molar-refractivity contribution in [1.29, 1.82) is 0 Å². The molecule has 1 aliphatic rings. The molecule has 1 heterocycles. The Balaban J connectivity index is 2.33. The molecule has 0 aliphatic carbocycles. The molecular formula is C5H10N2. The van der Waals surface area contributed by atoms with Crippen LogP contribution < -0.4 is 0 Å². The van der Waals surface area contributed by atoms with E-state index in [1.165, 1.54) is 0 Å². The van der Waals surface area contributed by atoms with Crippen LogP contribution >= 0.6 is 0 Å². The molecule has 0 unspecified atom stereocenters. The second-order valence-corrected chi connectivity index (χ2v) is 1.88. The molecule has 2 heteroatoms. The summed E-state index contributed by atoms with van der Waals surface area (Å²) in [5.74, 6) is 0. The van der Waals surface area contributed by atoms with E-state index >= 15 is 0 Å². The molecule has 1 saturated heterocycles. The zero-order chi connectivity index (χ0) is 5.28. The van der Waals surface area contributed by atoms with Gasteiger partial charge in [0.25, 0.3) is 0 Å². The molecule has 1 fully saturated rings. The quantitative estimate of drug-likeness (QED) is 0.416. The van der Waals surface area contributed by atoms with Gasteiger partial charge in [0, 0.05) is 33.6 Å². The first-order valence-corrected chi connectivity index (χ1v) is 2.43. The van der Waals surface area contributed by atoms with E-state index in [9.17, 15) is 0 Å². The topological polar surface area (TPSA) is 6.48 Å². The van der Waals surface area contributed by atoms with Crippen LogP contribution in [0.3, 0.4) is 0 Å². The smallest absolute Gasteiger partial charge is 0.0212 e. The van der Waals surface area contributed by atoms with Crippen molar-refractivity contribution >= 4 is 0 Å². The van der Waals surface area contributed by atoms with Crippen LogP contribution in [0.25, 0.3) is 0 Å². The highest BCUT2D eigenvalue weighted by molar-refractivity contribution is 4.77. The van der Waals surface area contributed by atoms with Crippen LogP contribution in [0.15, 0.2) is 0 Å². The molecule has 1 rings (SSSR count). The minimum Gasteiger partial charge on any atom is -0.244 e. The highest BCUT2D eigenvalue weighted by Crippen LogP contribution is 2.00. The zero-order valence-electron chi connectivity index (χ0n) is 4.81. The molecule has 0 aromatic rings. The summed E-state index contributed by atoms with van der Waals surface area (Å²) in [4.78, 5) is 0. The molecule has 2 radical (unpaired) electrons. The molecule has 0 aromatic heterocycles. The Morgan fingerprint density at radius 3 is 1.71 bits per heavy atom. The van der Waals surface area contributed by atoms with E-state index in [2.05, 4.69) is 30.5 Å². The van der Waals surface area contributed by atoms with Crippen LogP contribution in [0.2, 0.25) is 0 Å². The summed E-state index contributed by atoms with van der Waals surface area (Å²) in [5.41, 5.74) is 0. The van der Waals surface area contributed by atoms with Gasteiger partial charge in [0.15, 0.2) is 0 Å². The van der Waals surface area contributed by atoms with E-state index in [0.29, 0.717) is 0 Å². The van der Waals surface area contributed by atoms with Crippen molar-refractivity contribution in [3.8, 4) is 0 Å². The number of hydrogen-bond donors (Lipinski definition) is 0. The van der Waals surface area contributed by atoms with Gasteiger partial charge in [0.05, 0.1) is 0 Å². The third-order valence-corrected chi connectivity index (χ3v) is 1.26. The van der Waals surface area contributed by atoms with Crippen LogP contribution in [0.5, 0.6) is 0 Å². The van der Waals surface area contributed by atoms with Gasteiger partial charge in [-0.1, -0.05) is 0 Å². The van der Waals surface area contributed by atoms with E-state index in [0.717, 1.165) is 13.1 Å². The van der Waals surface area contributed by atoms with Gasteiger partial charge in [-0.2, -0.15) is 0 Å². The Morgan fingerprint density at radius 1 is 1.14 bits per heavy atom. The molecule has 0 amide bonds. The van der Waals surface area contributed by atoms with Gasteiger partial charge in [-0.15, -0.1) is 0 Å². The highest BCUT2D eigenvalue weighted by atomic mass is 15.6. The first-order valence-electron chi connectivity index (χ1n) is 2.43. The number of hydrogen-bond acceptors (Lipinski definition) is 2. The van der Waals surface area contributed by atoms with Crippen molar-refractivity contribution in [2.45, 2.75) is 0 Å². The van der Waals surface area contributed by atoms with Crippen LogP contribution in [-0.4, -0.2) is 37.2 Å². The molecule has 0 aromatic carbocycles. The predicted octanol–water partition coefficient (Wildman–Crippen LogP) is -0.140. The SMILES string of the molecule is CN1C[C]CN1C. The Bertz CT molecular complexity index is 55.1. The Kier molecular flexibility index (Phi) is 1.30. The van der Waals surface area contributed by atoms with Crippen LogP contribution in [0.4, 0.5) is 0 Å². The summed E-state index contributed by atoms with van der Waals surface area (Å²) in [6.07, 6.45) is 3.17. The average molecular weight is 98.1 g/mol. The molecule has 0 bridgehead atoms. The van der Waals surface area contributed by atoms with Crippen molar-refractivity contribution in [3.05, 3.63) is 6.42 Å². The second-order valence-electron chi connectivity index (χ2n) is 1.88. The maximum absolute atomic E-state index is 3.17. The lowest BCUT2D eigenvalue weighted by molar-refractivity contribution is 0.0894. The molecular weight excluding hydrogens is 88.1 g/mol. The summed E-state index contributed by atoms with van der Waals surface area (Å²) in [6, 6.07) is 0. The molecule has 0 saturated carbocycles. The lowest BCUT2D eigenvalue weighted by Gasteiger charge is -2.16. The van der Waals surface area contributed by atoms with E-state index in [1.807, 2.05) is 0 Å². The van der Waals surface area contributed by atoms with Crippen molar-refractivity contribution < 1.29 is 0 Å². The lowest BCUT2D eigenvalue weighted by atomic mass is 10.5. The third kappa shape index (κ3) is 0.924. The number of rotatable bonds is 0. The van der Waals surface area contributed by atoms with Crippen molar-refractivity contribution in [1.82, 2.24) is 10.0 Å². The lowest BCUT2D eigenvalue weighted by Crippen LogP contribution is -2.28. The summed E-state index contributed by atoms with van der Waals surface area (Å²) >= 11 is 0. The largest absolute Gasteiger partial charge is 0.244 e. The Hall–Kier alpha value is -0.0800. The summed E-state index contributed by atoms with van der Waals surface area (Å²) in [6.45, 7) is 1.97. The predicted molar refractivity (Wildman–Crippen MR) is 28.5 cm³/mol. The van der Waals surface area contributed by atoms with Gasteiger partial charge in [0.2, 0.25) is 0 Å². The molecule has 7 heavy (non-hydrogen) atoms. The van der Waals surface area contributed by atoms with Gasteiger partial charge in [0.1, 0.15) is 0 Å². The first-order chi connectivity index (χ1) is 3.30. The molecule has 0 spiro atoms. The van der Waals surface area contributed by atoms with Crippen LogP contribution in [0, 0.1) is 6.42 Å². The minimum absolute atomic E-state index is 0.983. The maximum Gasteiger partial charge on any atom is 0.0212 e. The van der Waals surface area contributed by atoms with E-state index < -0.39 is 0 Å². The molecule has 1 aliphatic heterocycles. The van der Waals surface area contributed by atoms with Gasteiger partial charge >= 0.3 is 0 Å².